The molecule has 1 fully saturated rings. The van der Waals surface area contributed by atoms with E-state index in [0.717, 1.165) is 25.2 Å². The fourth-order valence-electron chi connectivity index (χ4n) is 2.65. The summed E-state index contributed by atoms with van der Waals surface area (Å²) in [4.78, 5) is 12.3. The standard InChI is InChI=1S/C16H19FN4O.ClH/c1-11-10-18-8-6-14(11)19-16(22)15-7-9-21(20-15)13-4-2-12(17)3-5-13;/h2-5,7,9,11,14,18H,6,8,10H2,1H3,(H,19,22);1H. The van der Waals surface area contributed by atoms with Crippen molar-refractivity contribution in [2.24, 2.45) is 5.92 Å². The van der Waals surface area contributed by atoms with E-state index in [9.17, 15) is 9.18 Å². The number of nitrogens with one attached hydrogen (secondary N) is 2. The predicted octanol–water partition coefficient (Wildman–Crippen LogP) is 2.16. The number of carbonyl (C=O) groups is 1. The second kappa shape index (κ2) is 7.57. The molecule has 23 heavy (non-hydrogen) atoms. The molecule has 0 radical (unpaired) electrons. The normalized spacial score (nSPS) is 20.6. The lowest BCUT2D eigenvalue weighted by Crippen LogP contribution is -2.48. The van der Waals surface area contributed by atoms with Crippen molar-refractivity contribution in [3.05, 3.63) is 48.0 Å². The minimum Gasteiger partial charge on any atom is -0.348 e. The maximum atomic E-state index is 12.9. The maximum Gasteiger partial charge on any atom is 0.272 e. The predicted molar refractivity (Wildman–Crippen MR) is 88.7 cm³/mol. The number of aromatic nitrogens is 2. The van der Waals surface area contributed by atoms with Crippen molar-refractivity contribution >= 4 is 18.3 Å². The molecule has 1 amide bonds. The van der Waals surface area contributed by atoms with Gasteiger partial charge in [-0.1, -0.05) is 6.92 Å². The minimum absolute atomic E-state index is 0. The summed E-state index contributed by atoms with van der Waals surface area (Å²) in [5.74, 6) is -0.0646. The molecule has 1 aromatic heterocycles. The van der Waals surface area contributed by atoms with Crippen LogP contribution in [-0.2, 0) is 0 Å². The highest BCUT2D eigenvalue weighted by atomic mass is 35.5. The molecule has 0 aliphatic carbocycles. The van der Waals surface area contributed by atoms with E-state index in [1.54, 1.807) is 29.1 Å². The molecule has 0 saturated carbocycles. The monoisotopic (exact) mass is 338 g/mol. The Kier molecular flexibility index (Phi) is 5.74. The Morgan fingerprint density at radius 1 is 1.35 bits per heavy atom. The Hall–Kier alpha value is -1.92. The van der Waals surface area contributed by atoms with E-state index < -0.39 is 0 Å². The Morgan fingerprint density at radius 3 is 2.78 bits per heavy atom. The first-order valence-electron chi connectivity index (χ1n) is 7.46. The van der Waals surface area contributed by atoms with Crippen molar-refractivity contribution in [2.45, 2.75) is 19.4 Å². The molecule has 1 aliphatic heterocycles. The lowest BCUT2D eigenvalue weighted by Gasteiger charge is -2.29. The zero-order chi connectivity index (χ0) is 15.5. The molecular formula is C16H20ClFN4O. The summed E-state index contributed by atoms with van der Waals surface area (Å²) < 4.78 is 14.5. The molecule has 2 heterocycles. The fourth-order valence-corrected chi connectivity index (χ4v) is 2.65. The van der Waals surface area contributed by atoms with Crippen LogP contribution in [0.5, 0.6) is 0 Å². The van der Waals surface area contributed by atoms with Gasteiger partial charge in [-0.25, -0.2) is 9.07 Å². The second-order valence-corrected chi connectivity index (χ2v) is 5.67. The van der Waals surface area contributed by atoms with Gasteiger partial charge in [0.25, 0.3) is 5.91 Å². The first-order valence-corrected chi connectivity index (χ1v) is 7.46. The molecule has 1 aliphatic rings. The lowest BCUT2D eigenvalue weighted by atomic mass is 9.95. The van der Waals surface area contributed by atoms with Gasteiger partial charge in [-0.2, -0.15) is 5.10 Å². The van der Waals surface area contributed by atoms with Crippen LogP contribution in [0.1, 0.15) is 23.8 Å². The summed E-state index contributed by atoms with van der Waals surface area (Å²) in [6, 6.07) is 7.83. The van der Waals surface area contributed by atoms with Crippen LogP contribution >= 0.6 is 12.4 Å². The molecule has 2 unspecified atom stereocenters. The van der Waals surface area contributed by atoms with Gasteiger partial charge in [-0.05, 0) is 55.8 Å². The Morgan fingerprint density at radius 2 is 2.09 bits per heavy atom. The molecule has 2 N–H and O–H groups in total. The summed E-state index contributed by atoms with van der Waals surface area (Å²) in [7, 11) is 0. The molecule has 2 aromatic rings. The molecule has 0 spiro atoms. The highest BCUT2D eigenvalue weighted by Crippen LogP contribution is 2.12. The topological polar surface area (TPSA) is 58.9 Å². The Balaban J connectivity index is 0.00000192. The van der Waals surface area contributed by atoms with Crippen molar-refractivity contribution in [1.82, 2.24) is 20.4 Å². The van der Waals surface area contributed by atoms with Crippen LogP contribution in [0, 0.1) is 11.7 Å². The fraction of sp³-hybridized carbons (Fsp3) is 0.375. The number of halogens is 2. The molecule has 5 nitrogen and oxygen atoms in total. The average molecular weight is 339 g/mol. The highest BCUT2D eigenvalue weighted by molar-refractivity contribution is 5.92. The van der Waals surface area contributed by atoms with Crippen molar-refractivity contribution < 1.29 is 9.18 Å². The van der Waals surface area contributed by atoms with Gasteiger partial charge in [0, 0.05) is 12.2 Å². The van der Waals surface area contributed by atoms with Crippen molar-refractivity contribution in [3.8, 4) is 5.69 Å². The zero-order valence-corrected chi connectivity index (χ0v) is 13.6. The third-order valence-electron chi connectivity index (χ3n) is 4.01. The van der Waals surface area contributed by atoms with Crippen LogP contribution in [0.3, 0.4) is 0 Å². The SMILES string of the molecule is CC1CNCCC1NC(=O)c1ccn(-c2ccc(F)cc2)n1.Cl. The van der Waals surface area contributed by atoms with Crippen molar-refractivity contribution in [2.75, 3.05) is 13.1 Å². The number of amides is 1. The molecule has 0 bridgehead atoms. The summed E-state index contributed by atoms with van der Waals surface area (Å²) in [5, 5.41) is 10.6. The first kappa shape index (κ1) is 17.4. The smallest absolute Gasteiger partial charge is 0.272 e. The van der Waals surface area contributed by atoms with Crippen LogP contribution in [-0.4, -0.2) is 34.8 Å². The molecule has 1 aromatic carbocycles. The van der Waals surface area contributed by atoms with Crippen LogP contribution in [0.2, 0.25) is 0 Å². The van der Waals surface area contributed by atoms with Gasteiger partial charge < -0.3 is 10.6 Å². The van der Waals surface area contributed by atoms with Crippen molar-refractivity contribution in [3.63, 3.8) is 0 Å². The number of nitrogens with zero attached hydrogens (tertiary/aromatic N) is 2. The Labute approximate surface area is 140 Å². The number of rotatable bonds is 3. The maximum absolute atomic E-state index is 12.9. The molecule has 3 rings (SSSR count). The average Bonchev–Trinajstić information content (AvgIpc) is 3.00. The molecule has 7 heteroatoms. The van der Waals surface area contributed by atoms with Crippen LogP contribution in [0.25, 0.3) is 5.69 Å². The summed E-state index contributed by atoms with van der Waals surface area (Å²) in [6.07, 6.45) is 2.62. The van der Waals surface area contributed by atoms with Gasteiger partial charge in [0.1, 0.15) is 5.82 Å². The number of hydrogen-bond donors (Lipinski definition) is 2. The Bertz CT molecular complexity index is 658. The van der Waals surface area contributed by atoms with Crippen LogP contribution < -0.4 is 10.6 Å². The largest absolute Gasteiger partial charge is 0.348 e. The van der Waals surface area contributed by atoms with Gasteiger partial charge in [0.2, 0.25) is 0 Å². The van der Waals surface area contributed by atoms with Gasteiger partial charge in [0.15, 0.2) is 5.69 Å². The summed E-state index contributed by atoms with van der Waals surface area (Å²) >= 11 is 0. The third-order valence-corrected chi connectivity index (χ3v) is 4.01. The summed E-state index contributed by atoms with van der Waals surface area (Å²) in [5.41, 5.74) is 1.09. The second-order valence-electron chi connectivity index (χ2n) is 5.67. The van der Waals surface area contributed by atoms with Gasteiger partial charge in [0.05, 0.1) is 5.69 Å². The molecule has 1 saturated heterocycles. The third kappa shape index (κ3) is 4.09. The van der Waals surface area contributed by atoms with E-state index in [1.807, 2.05) is 0 Å². The van der Waals surface area contributed by atoms with E-state index in [-0.39, 0.29) is 30.2 Å². The highest BCUT2D eigenvalue weighted by Gasteiger charge is 2.23. The molecular weight excluding hydrogens is 319 g/mol. The number of hydrogen-bond acceptors (Lipinski definition) is 3. The van der Waals surface area contributed by atoms with Crippen molar-refractivity contribution in [1.29, 1.82) is 0 Å². The first-order chi connectivity index (χ1) is 10.6. The minimum atomic E-state index is -0.297. The number of carbonyl (C=O) groups excluding carboxylic acids is 1. The number of piperidine rings is 1. The van der Waals surface area contributed by atoms with Crippen LogP contribution in [0.4, 0.5) is 4.39 Å². The van der Waals surface area contributed by atoms with Crippen LogP contribution in [0.15, 0.2) is 36.5 Å². The lowest BCUT2D eigenvalue weighted by molar-refractivity contribution is 0.0908. The van der Waals surface area contributed by atoms with E-state index in [2.05, 4.69) is 22.7 Å². The van der Waals surface area contributed by atoms with E-state index in [4.69, 9.17) is 0 Å². The zero-order valence-electron chi connectivity index (χ0n) is 12.8. The van der Waals surface area contributed by atoms with Gasteiger partial charge in [-0.15, -0.1) is 12.4 Å². The summed E-state index contributed by atoms with van der Waals surface area (Å²) in [6.45, 7) is 3.95. The van der Waals surface area contributed by atoms with E-state index in [1.165, 1.54) is 12.1 Å². The van der Waals surface area contributed by atoms with Gasteiger partial charge in [-0.3, -0.25) is 4.79 Å². The van der Waals surface area contributed by atoms with E-state index >= 15 is 0 Å². The quantitative estimate of drug-likeness (QED) is 0.901. The van der Waals surface area contributed by atoms with Gasteiger partial charge >= 0.3 is 0 Å². The molecule has 2 atom stereocenters. The van der Waals surface area contributed by atoms with E-state index in [0.29, 0.717) is 11.6 Å². The number of benzene rings is 1. The molecule has 124 valence electrons.